The second-order valence-corrected chi connectivity index (χ2v) is 25.9. The van der Waals surface area contributed by atoms with Crippen molar-refractivity contribution in [2.45, 2.75) is 155 Å². The predicted molar refractivity (Wildman–Crippen MR) is 304 cm³/mol. The Bertz CT molecular complexity index is 3210. The van der Waals surface area contributed by atoms with Gasteiger partial charge in [-0.1, -0.05) is 194 Å². The second kappa shape index (κ2) is 15.8. The molecule has 0 bridgehead atoms. The van der Waals surface area contributed by atoms with Gasteiger partial charge in [0.05, 0.1) is 11.2 Å². The van der Waals surface area contributed by atoms with Gasteiger partial charge in [0.2, 0.25) is 0 Å². The molecule has 1 fully saturated rings. The number of nitrogens with zero attached hydrogens (tertiary/aromatic N) is 3. The summed E-state index contributed by atoms with van der Waals surface area (Å²) in [7, 11) is 0. The summed E-state index contributed by atoms with van der Waals surface area (Å²) >= 11 is 0. The predicted octanol–water partition coefficient (Wildman–Crippen LogP) is 16.4. The van der Waals surface area contributed by atoms with Gasteiger partial charge >= 0.3 is 0 Å². The van der Waals surface area contributed by atoms with Crippen molar-refractivity contribution in [2.75, 3.05) is 14.7 Å². The van der Waals surface area contributed by atoms with E-state index in [2.05, 4.69) is 257 Å². The van der Waals surface area contributed by atoms with Crippen LogP contribution >= 0.6 is 0 Å². The molecule has 0 amide bonds. The standard InChI is InChI=1S/C66H74BN3/c1-61(2,3)44-25-22-26-48(37-44)68-57-40-47(64(10,11)12)29-32-52(57)67-53-39-46(63(7,8)9)31-34-56(53)69(54-33-30-45(62(4,5)6)38-50(54)43-23-16-15-17-24-43)59-42-49(41-58(68)60(59)67)70-55-28-19-18-27-51(55)65(13)35-20-21-36-66(65,70)14/h15-19,22-34,37-42H,20-21,35-36H2,1-14H3. The minimum absolute atomic E-state index is 0.00532. The van der Waals surface area contributed by atoms with Crippen LogP contribution in [-0.4, -0.2) is 12.3 Å². The molecule has 3 nitrogen and oxygen atoms in total. The summed E-state index contributed by atoms with van der Waals surface area (Å²) in [5.41, 5.74) is 23.2. The van der Waals surface area contributed by atoms with Crippen molar-refractivity contribution in [3.8, 4) is 11.1 Å². The molecular weight excluding hydrogens is 846 g/mol. The Morgan fingerprint density at radius 1 is 0.414 bits per heavy atom. The number of hydrogen-bond acceptors (Lipinski definition) is 3. The molecule has 11 rings (SSSR count). The lowest BCUT2D eigenvalue weighted by atomic mass is 9.33. The zero-order chi connectivity index (χ0) is 49.5. The van der Waals surface area contributed by atoms with Crippen molar-refractivity contribution >= 4 is 68.6 Å². The van der Waals surface area contributed by atoms with Gasteiger partial charge in [0.1, 0.15) is 0 Å². The molecule has 3 heterocycles. The first-order chi connectivity index (χ1) is 33.0. The maximum Gasteiger partial charge on any atom is 0.252 e. The summed E-state index contributed by atoms with van der Waals surface area (Å²) in [6.45, 7) is 33.3. The summed E-state index contributed by atoms with van der Waals surface area (Å²) in [5.74, 6) is 0. The summed E-state index contributed by atoms with van der Waals surface area (Å²) in [4.78, 5) is 8.15. The fourth-order valence-corrected chi connectivity index (χ4v) is 12.8. The van der Waals surface area contributed by atoms with E-state index in [-0.39, 0.29) is 39.3 Å². The maximum atomic E-state index is 2.80. The largest absolute Gasteiger partial charge is 0.334 e. The molecule has 0 N–H and O–H groups in total. The van der Waals surface area contributed by atoms with Crippen molar-refractivity contribution in [1.29, 1.82) is 0 Å². The van der Waals surface area contributed by atoms with Gasteiger partial charge in [-0.25, -0.2) is 0 Å². The normalized spacial score (nSPS) is 19.6. The highest BCUT2D eigenvalue weighted by Gasteiger charge is 2.58. The Hall–Kier alpha value is -6.00. The SMILES string of the molecule is CC(C)(C)c1cccc(N2c3cc(C(C)(C)C)ccc3B3c4cc(C(C)(C)C)ccc4N(c4ccc(C(C)(C)C)cc4-c4ccccc4)c4cc(N5c6ccccc6C6(C)CCCCC56C)cc2c43)c1. The molecule has 4 heteroatoms. The van der Waals surface area contributed by atoms with Gasteiger partial charge in [-0.3, -0.25) is 0 Å². The molecule has 0 spiro atoms. The van der Waals surface area contributed by atoms with Crippen LogP contribution in [0.25, 0.3) is 11.1 Å². The van der Waals surface area contributed by atoms with Crippen LogP contribution in [-0.2, 0) is 27.1 Å². The van der Waals surface area contributed by atoms with E-state index < -0.39 is 0 Å². The lowest BCUT2D eigenvalue weighted by Crippen LogP contribution is -2.62. The average molecular weight is 920 g/mol. The summed E-state index contributed by atoms with van der Waals surface area (Å²) in [6.07, 6.45) is 4.80. The quantitative estimate of drug-likeness (QED) is 0.163. The Balaban J connectivity index is 1.31. The average Bonchev–Trinajstić information content (AvgIpc) is 3.53. The summed E-state index contributed by atoms with van der Waals surface area (Å²) < 4.78 is 0. The van der Waals surface area contributed by atoms with Gasteiger partial charge in [-0.2, -0.15) is 0 Å². The van der Waals surface area contributed by atoms with Crippen LogP contribution in [0.2, 0.25) is 0 Å². The van der Waals surface area contributed by atoms with Gasteiger partial charge in [0.25, 0.3) is 6.71 Å². The van der Waals surface area contributed by atoms with Gasteiger partial charge in [-0.15, -0.1) is 0 Å². The zero-order valence-corrected chi connectivity index (χ0v) is 44.6. The Morgan fingerprint density at radius 2 is 0.986 bits per heavy atom. The van der Waals surface area contributed by atoms with Crippen molar-refractivity contribution in [3.05, 3.63) is 173 Å². The molecular formula is C66H74BN3. The molecule has 2 atom stereocenters. The van der Waals surface area contributed by atoms with E-state index in [0.717, 1.165) is 6.42 Å². The van der Waals surface area contributed by atoms with Crippen LogP contribution < -0.4 is 31.1 Å². The molecule has 70 heavy (non-hydrogen) atoms. The second-order valence-electron chi connectivity index (χ2n) is 25.9. The minimum Gasteiger partial charge on any atom is -0.334 e. The Labute approximate surface area is 421 Å². The molecule has 356 valence electrons. The zero-order valence-electron chi connectivity index (χ0n) is 44.6. The molecule has 3 aliphatic heterocycles. The fourth-order valence-electron chi connectivity index (χ4n) is 12.8. The van der Waals surface area contributed by atoms with Gasteiger partial charge in [0.15, 0.2) is 0 Å². The molecule has 7 aromatic carbocycles. The van der Waals surface area contributed by atoms with E-state index in [1.165, 1.54) is 120 Å². The van der Waals surface area contributed by atoms with Gasteiger partial charge < -0.3 is 14.7 Å². The van der Waals surface area contributed by atoms with E-state index in [9.17, 15) is 0 Å². The van der Waals surface area contributed by atoms with E-state index in [4.69, 9.17) is 0 Å². The highest BCUT2D eigenvalue weighted by molar-refractivity contribution is 7.00. The molecule has 2 unspecified atom stereocenters. The van der Waals surface area contributed by atoms with Crippen molar-refractivity contribution in [2.24, 2.45) is 0 Å². The van der Waals surface area contributed by atoms with Crippen LogP contribution in [0.3, 0.4) is 0 Å². The highest BCUT2D eigenvalue weighted by atomic mass is 15.3. The number of para-hydroxylation sites is 1. The first kappa shape index (κ1) is 46.4. The first-order valence-corrected chi connectivity index (χ1v) is 26.3. The number of anilines is 8. The van der Waals surface area contributed by atoms with Crippen molar-refractivity contribution in [3.63, 3.8) is 0 Å². The third-order valence-electron chi connectivity index (χ3n) is 17.2. The third-order valence-corrected chi connectivity index (χ3v) is 17.2. The first-order valence-electron chi connectivity index (χ1n) is 26.3. The van der Waals surface area contributed by atoms with Crippen LogP contribution in [0.5, 0.6) is 0 Å². The number of hydrogen-bond donors (Lipinski definition) is 0. The molecule has 1 saturated carbocycles. The lowest BCUT2D eigenvalue weighted by molar-refractivity contribution is 0.195. The summed E-state index contributed by atoms with van der Waals surface area (Å²) in [5, 5.41) is 0. The van der Waals surface area contributed by atoms with Gasteiger partial charge in [0, 0.05) is 50.8 Å². The van der Waals surface area contributed by atoms with Crippen LogP contribution in [0.1, 0.15) is 150 Å². The monoisotopic (exact) mass is 920 g/mol. The smallest absolute Gasteiger partial charge is 0.252 e. The molecule has 0 radical (unpaired) electrons. The summed E-state index contributed by atoms with van der Waals surface area (Å²) in [6, 6.07) is 57.4. The van der Waals surface area contributed by atoms with Crippen LogP contribution in [0, 0.1) is 0 Å². The molecule has 0 saturated heterocycles. The molecule has 7 aromatic rings. The van der Waals surface area contributed by atoms with Crippen LogP contribution in [0.4, 0.5) is 45.5 Å². The van der Waals surface area contributed by atoms with E-state index in [0.29, 0.717) is 0 Å². The topological polar surface area (TPSA) is 9.72 Å². The van der Waals surface area contributed by atoms with Crippen LogP contribution in [0.15, 0.2) is 146 Å². The number of rotatable bonds is 4. The Kier molecular flexibility index (Phi) is 10.4. The van der Waals surface area contributed by atoms with Gasteiger partial charge in [-0.05, 0) is 146 Å². The van der Waals surface area contributed by atoms with E-state index in [1.54, 1.807) is 0 Å². The molecule has 4 aliphatic rings. The van der Waals surface area contributed by atoms with Crippen molar-refractivity contribution in [1.82, 2.24) is 0 Å². The molecule has 1 aliphatic carbocycles. The maximum absolute atomic E-state index is 2.80. The highest BCUT2D eigenvalue weighted by Crippen LogP contribution is 2.62. The lowest BCUT2D eigenvalue weighted by Gasteiger charge is -2.51. The van der Waals surface area contributed by atoms with E-state index in [1.807, 2.05) is 0 Å². The number of benzene rings is 7. The molecule has 0 aromatic heterocycles. The third kappa shape index (κ3) is 7.12. The Morgan fingerprint density at radius 3 is 1.67 bits per heavy atom. The van der Waals surface area contributed by atoms with Crippen molar-refractivity contribution < 1.29 is 0 Å². The minimum atomic E-state index is -0.124. The van der Waals surface area contributed by atoms with E-state index >= 15 is 0 Å². The number of fused-ring (bicyclic) bond motifs is 7. The fraction of sp³-hybridized carbons (Fsp3) is 0.364.